The molecule has 3 heterocycles. The number of nitrogen functional groups attached to an aromatic ring is 1. The second-order valence-corrected chi connectivity index (χ2v) is 9.56. The standard InChI is InChI=1S/C32H33N5O4/c1-20-10-11-34-16-26(20)28-12-23-13-31(33)35-17-27(23)32(36-28)37(18-21-6-8-24(38-2)14-29(21)40-4)19-22-7-9-25(39-3)15-30(22)41-5/h6-17H,18-19H2,1-5H3,(H2,33,35). The summed E-state index contributed by atoms with van der Waals surface area (Å²) in [6.07, 6.45) is 5.39. The van der Waals surface area contributed by atoms with Crippen LogP contribution < -0.4 is 29.6 Å². The molecule has 0 saturated heterocycles. The summed E-state index contributed by atoms with van der Waals surface area (Å²) in [5.74, 6) is 4.02. The van der Waals surface area contributed by atoms with Crippen molar-refractivity contribution in [2.45, 2.75) is 20.0 Å². The van der Waals surface area contributed by atoms with Gasteiger partial charge in [0.05, 0.1) is 34.1 Å². The topological polar surface area (TPSA) is 105 Å². The van der Waals surface area contributed by atoms with Crippen LogP contribution in [0.5, 0.6) is 23.0 Å². The average molecular weight is 552 g/mol. The Balaban J connectivity index is 1.72. The van der Waals surface area contributed by atoms with Crippen molar-refractivity contribution in [2.75, 3.05) is 39.1 Å². The van der Waals surface area contributed by atoms with Crippen molar-refractivity contribution in [1.82, 2.24) is 15.0 Å². The van der Waals surface area contributed by atoms with Crippen LogP contribution in [0.2, 0.25) is 0 Å². The monoisotopic (exact) mass is 551 g/mol. The lowest BCUT2D eigenvalue weighted by Crippen LogP contribution is -2.24. The van der Waals surface area contributed by atoms with Crippen molar-refractivity contribution in [2.24, 2.45) is 0 Å². The Morgan fingerprint density at radius 1 is 0.756 bits per heavy atom. The maximum atomic E-state index is 6.13. The van der Waals surface area contributed by atoms with E-state index >= 15 is 0 Å². The molecule has 0 amide bonds. The number of rotatable bonds is 10. The van der Waals surface area contributed by atoms with Gasteiger partial charge in [-0.3, -0.25) is 4.98 Å². The lowest BCUT2D eigenvalue weighted by atomic mass is 10.0. The molecule has 0 spiro atoms. The molecule has 0 atom stereocenters. The number of hydrogen-bond acceptors (Lipinski definition) is 9. The zero-order valence-corrected chi connectivity index (χ0v) is 23.8. The van der Waals surface area contributed by atoms with E-state index in [1.807, 2.05) is 67.7 Å². The van der Waals surface area contributed by atoms with E-state index in [1.54, 1.807) is 40.8 Å². The molecule has 210 valence electrons. The van der Waals surface area contributed by atoms with Gasteiger partial charge < -0.3 is 29.6 Å². The molecule has 0 unspecified atom stereocenters. The molecule has 0 saturated carbocycles. The summed E-state index contributed by atoms with van der Waals surface area (Å²) in [4.78, 5) is 16.2. The summed E-state index contributed by atoms with van der Waals surface area (Å²) < 4.78 is 22.4. The van der Waals surface area contributed by atoms with E-state index in [-0.39, 0.29) is 0 Å². The highest BCUT2D eigenvalue weighted by Gasteiger charge is 2.21. The van der Waals surface area contributed by atoms with E-state index in [0.29, 0.717) is 41.9 Å². The number of fused-ring (bicyclic) bond motifs is 1. The third-order valence-electron chi connectivity index (χ3n) is 7.04. The third-order valence-corrected chi connectivity index (χ3v) is 7.04. The number of nitrogens with zero attached hydrogens (tertiary/aromatic N) is 4. The first-order valence-corrected chi connectivity index (χ1v) is 13.1. The van der Waals surface area contributed by atoms with E-state index in [1.165, 1.54) is 0 Å². The Morgan fingerprint density at radius 3 is 1.95 bits per heavy atom. The summed E-state index contributed by atoms with van der Waals surface area (Å²) in [6, 6.07) is 17.5. The molecule has 0 aliphatic rings. The maximum absolute atomic E-state index is 6.13. The Morgan fingerprint density at radius 2 is 1.39 bits per heavy atom. The number of anilines is 2. The zero-order chi connectivity index (χ0) is 28.9. The summed E-state index contributed by atoms with van der Waals surface area (Å²) in [5.41, 5.74) is 10.9. The van der Waals surface area contributed by atoms with Crippen molar-refractivity contribution in [1.29, 1.82) is 0 Å². The van der Waals surface area contributed by atoms with Crippen molar-refractivity contribution in [3.8, 4) is 34.3 Å². The molecular formula is C32H33N5O4. The quantitative estimate of drug-likeness (QED) is 0.230. The van der Waals surface area contributed by atoms with Gasteiger partial charge in [0, 0.05) is 65.9 Å². The average Bonchev–Trinajstić information content (AvgIpc) is 3.00. The van der Waals surface area contributed by atoms with E-state index in [4.69, 9.17) is 29.7 Å². The Hall–Kier alpha value is -5.05. The van der Waals surface area contributed by atoms with Crippen LogP contribution in [0, 0.1) is 6.92 Å². The minimum atomic E-state index is 0.434. The van der Waals surface area contributed by atoms with Gasteiger partial charge in [0.15, 0.2) is 0 Å². The normalized spacial score (nSPS) is 10.9. The molecule has 9 nitrogen and oxygen atoms in total. The van der Waals surface area contributed by atoms with E-state index in [0.717, 1.165) is 44.5 Å². The van der Waals surface area contributed by atoms with E-state index < -0.39 is 0 Å². The van der Waals surface area contributed by atoms with Crippen LogP contribution in [0.4, 0.5) is 11.6 Å². The van der Waals surface area contributed by atoms with Gasteiger partial charge in [-0.15, -0.1) is 0 Å². The van der Waals surface area contributed by atoms with Gasteiger partial charge in [-0.25, -0.2) is 9.97 Å². The molecule has 9 heteroatoms. The molecule has 0 bridgehead atoms. The molecule has 3 aromatic heterocycles. The lowest BCUT2D eigenvalue weighted by Gasteiger charge is -2.28. The molecule has 2 N–H and O–H groups in total. The Labute approximate surface area is 239 Å². The van der Waals surface area contributed by atoms with Crippen LogP contribution in [-0.2, 0) is 13.1 Å². The first kappa shape index (κ1) is 27.5. The predicted molar refractivity (Wildman–Crippen MR) is 161 cm³/mol. The van der Waals surface area contributed by atoms with Crippen LogP contribution in [0.3, 0.4) is 0 Å². The first-order valence-electron chi connectivity index (χ1n) is 13.1. The Bertz CT molecular complexity index is 1630. The first-order chi connectivity index (χ1) is 19.9. The van der Waals surface area contributed by atoms with Gasteiger partial charge in [-0.05, 0) is 60.3 Å². The van der Waals surface area contributed by atoms with E-state index in [2.05, 4.69) is 14.9 Å². The molecular weight excluding hydrogens is 518 g/mol. The second kappa shape index (κ2) is 12.0. The van der Waals surface area contributed by atoms with Crippen molar-refractivity contribution in [3.05, 3.63) is 89.9 Å². The van der Waals surface area contributed by atoms with Crippen LogP contribution in [0.25, 0.3) is 22.0 Å². The molecule has 41 heavy (non-hydrogen) atoms. The van der Waals surface area contributed by atoms with Crippen molar-refractivity contribution >= 4 is 22.4 Å². The number of aromatic nitrogens is 3. The Kier molecular flexibility index (Phi) is 8.05. The number of methoxy groups -OCH3 is 4. The number of pyridine rings is 3. The molecule has 5 rings (SSSR count). The fourth-order valence-electron chi connectivity index (χ4n) is 4.84. The van der Waals surface area contributed by atoms with Gasteiger partial charge >= 0.3 is 0 Å². The molecule has 0 aliphatic heterocycles. The lowest BCUT2D eigenvalue weighted by molar-refractivity contribution is 0.389. The highest BCUT2D eigenvalue weighted by molar-refractivity contribution is 5.95. The number of hydrogen-bond donors (Lipinski definition) is 1. The molecule has 2 aromatic carbocycles. The van der Waals surface area contributed by atoms with Gasteiger partial charge in [-0.1, -0.05) is 0 Å². The fourth-order valence-corrected chi connectivity index (χ4v) is 4.84. The van der Waals surface area contributed by atoms with Crippen molar-refractivity contribution < 1.29 is 18.9 Å². The molecule has 5 aromatic rings. The number of benzene rings is 2. The highest BCUT2D eigenvalue weighted by atomic mass is 16.5. The van der Waals surface area contributed by atoms with Gasteiger partial charge in [-0.2, -0.15) is 0 Å². The molecule has 0 aliphatic carbocycles. The zero-order valence-electron chi connectivity index (χ0n) is 23.8. The van der Waals surface area contributed by atoms with Gasteiger partial charge in [0.2, 0.25) is 0 Å². The van der Waals surface area contributed by atoms with Crippen LogP contribution in [0.1, 0.15) is 16.7 Å². The molecule has 0 radical (unpaired) electrons. The summed E-state index contributed by atoms with van der Waals surface area (Å²) >= 11 is 0. The van der Waals surface area contributed by atoms with Crippen molar-refractivity contribution in [3.63, 3.8) is 0 Å². The fraction of sp³-hybridized carbons (Fsp3) is 0.219. The summed E-state index contributed by atoms with van der Waals surface area (Å²) in [6.45, 7) is 3.00. The van der Waals surface area contributed by atoms with E-state index in [9.17, 15) is 0 Å². The van der Waals surface area contributed by atoms with Gasteiger partial charge in [0.25, 0.3) is 0 Å². The largest absolute Gasteiger partial charge is 0.497 e. The highest BCUT2D eigenvalue weighted by Crippen LogP contribution is 2.36. The third kappa shape index (κ3) is 5.79. The second-order valence-electron chi connectivity index (χ2n) is 9.56. The summed E-state index contributed by atoms with van der Waals surface area (Å²) in [7, 11) is 6.58. The minimum absolute atomic E-state index is 0.434. The van der Waals surface area contributed by atoms with Gasteiger partial charge in [0.1, 0.15) is 34.6 Å². The predicted octanol–water partition coefficient (Wildman–Crippen LogP) is 5.82. The smallest absolute Gasteiger partial charge is 0.139 e. The number of ether oxygens (including phenoxy) is 4. The maximum Gasteiger partial charge on any atom is 0.139 e. The van der Waals surface area contributed by atoms with Crippen LogP contribution in [-0.4, -0.2) is 43.4 Å². The van der Waals surface area contributed by atoms with Crippen LogP contribution in [0.15, 0.2) is 73.2 Å². The minimum Gasteiger partial charge on any atom is -0.497 e. The number of nitrogens with two attached hydrogens (primary N) is 1. The number of aryl methyl sites for hydroxylation is 1. The summed E-state index contributed by atoms with van der Waals surface area (Å²) in [5, 5.41) is 1.79. The molecule has 0 fully saturated rings. The van der Waals surface area contributed by atoms with Crippen LogP contribution >= 0.6 is 0 Å². The SMILES string of the molecule is COc1ccc(CN(Cc2ccc(OC)cc2OC)c2nc(-c3cnccc3C)cc3cc(N)ncc23)c(OC)c1.